The largest absolute Gasteiger partial charge is 0.378 e. The molecule has 1 heterocycles. The second kappa shape index (κ2) is 13.2. The molecule has 2 N–H and O–H groups in total. The standard InChI is InChI=1S/C34H32N4O3S/c1-37(2)28-17-15-24(16-18-28)21-30(36-33(40)26-10-4-3-5-11-26)34(41)35-27-12-8-13-29(22-27)42-23-32(39)38-20-19-25-9-6-7-14-31(25)38/h3-18,21-22H,19-20,23H2,1-2H3,(H,35,41)(H,36,40)/b30-21-. The van der Waals surface area contributed by atoms with E-state index < -0.39 is 5.91 Å². The van der Waals surface area contributed by atoms with Crippen molar-refractivity contribution in [3.05, 3.63) is 126 Å². The zero-order chi connectivity index (χ0) is 29.5. The van der Waals surface area contributed by atoms with Gasteiger partial charge in [-0.15, -0.1) is 11.8 Å². The molecule has 0 radical (unpaired) electrons. The molecular formula is C34H32N4O3S. The molecule has 0 aromatic heterocycles. The maximum Gasteiger partial charge on any atom is 0.272 e. The molecule has 1 aliphatic rings. The molecule has 8 heteroatoms. The molecule has 0 spiro atoms. The predicted molar refractivity (Wildman–Crippen MR) is 171 cm³/mol. The molecule has 0 bridgehead atoms. The number of hydrogen-bond acceptors (Lipinski definition) is 5. The van der Waals surface area contributed by atoms with Gasteiger partial charge < -0.3 is 20.4 Å². The molecule has 0 fully saturated rings. The molecule has 0 saturated carbocycles. The second-order valence-electron chi connectivity index (χ2n) is 10.1. The lowest BCUT2D eigenvalue weighted by atomic mass is 10.1. The lowest BCUT2D eigenvalue weighted by molar-refractivity contribution is -0.116. The van der Waals surface area contributed by atoms with Crippen LogP contribution in [0.15, 0.2) is 114 Å². The van der Waals surface area contributed by atoms with Crippen LogP contribution >= 0.6 is 11.8 Å². The van der Waals surface area contributed by atoms with Crippen molar-refractivity contribution in [2.45, 2.75) is 11.3 Å². The highest BCUT2D eigenvalue weighted by molar-refractivity contribution is 8.00. The van der Waals surface area contributed by atoms with Crippen molar-refractivity contribution in [1.29, 1.82) is 0 Å². The topological polar surface area (TPSA) is 81.8 Å². The first-order valence-electron chi connectivity index (χ1n) is 13.7. The Morgan fingerprint density at radius 1 is 0.881 bits per heavy atom. The number of para-hydroxylation sites is 1. The fraction of sp³-hybridized carbons (Fsp3) is 0.147. The highest BCUT2D eigenvalue weighted by Crippen LogP contribution is 2.29. The lowest BCUT2D eigenvalue weighted by Crippen LogP contribution is -2.30. The van der Waals surface area contributed by atoms with Crippen LogP contribution in [0.2, 0.25) is 0 Å². The maximum absolute atomic E-state index is 13.5. The predicted octanol–water partition coefficient (Wildman–Crippen LogP) is 5.84. The van der Waals surface area contributed by atoms with Crippen LogP contribution < -0.4 is 20.4 Å². The first-order chi connectivity index (χ1) is 20.4. The summed E-state index contributed by atoms with van der Waals surface area (Å²) >= 11 is 1.42. The van der Waals surface area contributed by atoms with E-state index in [0.717, 1.165) is 28.3 Å². The monoisotopic (exact) mass is 576 g/mol. The third-order valence-electron chi connectivity index (χ3n) is 6.89. The molecule has 0 atom stereocenters. The minimum Gasteiger partial charge on any atom is -0.378 e. The highest BCUT2D eigenvalue weighted by atomic mass is 32.2. The van der Waals surface area contributed by atoms with Gasteiger partial charge in [-0.1, -0.05) is 54.6 Å². The normalized spacial score (nSPS) is 12.4. The number of rotatable bonds is 9. The molecule has 0 aliphatic carbocycles. The Bertz CT molecular complexity index is 1620. The Morgan fingerprint density at radius 3 is 2.38 bits per heavy atom. The summed E-state index contributed by atoms with van der Waals surface area (Å²) in [5.74, 6) is -0.503. The van der Waals surface area contributed by atoms with Crippen molar-refractivity contribution in [3.8, 4) is 0 Å². The molecule has 4 aromatic rings. The van der Waals surface area contributed by atoms with Crippen molar-refractivity contribution < 1.29 is 14.4 Å². The molecule has 0 unspecified atom stereocenters. The molecule has 7 nitrogen and oxygen atoms in total. The summed E-state index contributed by atoms with van der Waals surface area (Å²) in [6.45, 7) is 0.691. The van der Waals surface area contributed by atoms with Crippen molar-refractivity contribution in [2.24, 2.45) is 0 Å². The summed E-state index contributed by atoms with van der Waals surface area (Å²) in [5, 5.41) is 5.68. The van der Waals surface area contributed by atoms with Gasteiger partial charge in [-0.25, -0.2) is 0 Å². The fourth-order valence-corrected chi connectivity index (χ4v) is 5.49. The van der Waals surface area contributed by atoms with Gasteiger partial charge in [0, 0.05) is 48.2 Å². The van der Waals surface area contributed by atoms with Crippen LogP contribution in [0, 0.1) is 0 Å². The Balaban J connectivity index is 1.29. The van der Waals surface area contributed by atoms with Crippen LogP contribution in [0.3, 0.4) is 0 Å². The molecule has 1 aliphatic heterocycles. The number of fused-ring (bicyclic) bond motifs is 1. The van der Waals surface area contributed by atoms with Gasteiger partial charge in [0.1, 0.15) is 5.70 Å². The van der Waals surface area contributed by atoms with E-state index in [0.29, 0.717) is 17.8 Å². The zero-order valence-electron chi connectivity index (χ0n) is 23.5. The van der Waals surface area contributed by atoms with E-state index in [1.54, 1.807) is 36.4 Å². The Hall–Kier alpha value is -4.82. The van der Waals surface area contributed by atoms with Crippen molar-refractivity contribution in [1.82, 2.24) is 5.32 Å². The minimum absolute atomic E-state index is 0.0496. The van der Waals surface area contributed by atoms with Crippen LogP contribution in [0.1, 0.15) is 21.5 Å². The van der Waals surface area contributed by atoms with Crippen LogP contribution in [0.5, 0.6) is 0 Å². The van der Waals surface area contributed by atoms with Gasteiger partial charge in [0.25, 0.3) is 11.8 Å². The van der Waals surface area contributed by atoms with Gasteiger partial charge in [-0.05, 0) is 72.2 Å². The van der Waals surface area contributed by atoms with Crippen molar-refractivity contribution in [2.75, 3.05) is 41.5 Å². The summed E-state index contributed by atoms with van der Waals surface area (Å²) in [4.78, 5) is 44.1. The fourth-order valence-electron chi connectivity index (χ4n) is 4.66. The van der Waals surface area contributed by atoms with E-state index >= 15 is 0 Å². The Labute approximate surface area is 250 Å². The molecule has 0 saturated heterocycles. The lowest BCUT2D eigenvalue weighted by Gasteiger charge is -2.17. The van der Waals surface area contributed by atoms with E-state index in [4.69, 9.17) is 0 Å². The summed E-state index contributed by atoms with van der Waals surface area (Å²) in [6, 6.07) is 31.8. The van der Waals surface area contributed by atoms with E-state index in [1.165, 1.54) is 17.3 Å². The number of thioether (sulfide) groups is 1. The SMILES string of the molecule is CN(C)c1ccc(/C=C(\NC(=O)c2ccccc2)C(=O)Nc2cccc(SCC(=O)N3CCc4ccccc43)c2)cc1. The number of benzene rings is 4. The number of amides is 3. The number of hydrogen-bond donors (Lipinski definition) is 2. The number of anilines is 3. The third-order valence-corrected chi connectivity index (χ3v) is 7.87. The van der Waals surface area contributed by atoms with E-state index in [2.05, 4.69) is 16.7 Å². The van der Waals surface area contributed by atoms with Gasteiger partial charge in [0.2, 0.25) is 5.91 Å². The zero-order valence-corrected chi connectivity index (χ0v) is 24.4. The van der Waals surface area contributed by atoms with Crippen LogP contribution in [-0.4, -0.2) is 44.1 Å². The first kappa shape index (κ1) is 28.7. The summed E-state index contributed by atoms with van der Waals surface area (Å²) in [6.07, 6.45) is 2.52. The van der Waals surface area contributed by atoms with Crippen molar-refractivity contribution in [3.63, 3.8) is 0 Å². The highest BCUT2D eigenvalue weighted by Gasteiger charge is 2.24. The van der Waals surface area contributed by atoms with Crippen LogP contribution in [0.25, 0.3) is 6.08 Å². The van der Waals surface area contributed by atoms with Crippen LogP contribution in [0.4, 0.5) is 17.1 Å². The number of carbonyl (C=O) groups is 3. The average molecular weight is 577 g/mol. The van der Waals surface area contributed by atoms with Gasteiger partial charge in [0.15, 0.2) is 0 Å². The molecule has 5 rings (SSSR count). The molecule has 42 heavy (non-hydrogen) atoms. The Kier molecular flexibility index (Phi) is 9.04. The number of nitrogens with one attached hydrogen (secondary N) is 2. The van der Waals surface area contributed by atoms with Crippen LogP contribution in [-0.2, 0) is 16.0 Å². The molecule has 212 valence electrons. The van der Waals surface area contributed by atoms with E-state index in [1.807, 2.05) is 90.6 Å². The molecule has 3 amide bonds. The number of carbonyl (C=O) groups excluding carboxylic acids is 3. The van der Waals surface area contributed by atoms with Gasteiger partial charge >= 0.3 is 0 Å². The van der Waals surface area contributed by atoms with Gasteiger partial charge in [-0.2, -0.15) is 0 Å². The quantitative estimate of drug-likeness (QED) is 0.193. The Morgan fingerprint density at radius 2 is 1.62 bits per heavy atom. The number of nitrogens with zero attached hydrogens (tertiary/aromatic N) is 2. The molecular weight excluding hydrogens is 544 g/mol. The summed E-state index contributed by atoms with van der Waals surface area (Å²) in [5.41, 5.74) is 5.09. The maximum atomic E-state index is 13.5. The second-order valence-corrected chi connectivity index (χ2v) is 11.1. The van der Waals surface area contributed by atoms with Gasteiger partial charge in [-0.3, -0.25) is 14.4 Å². The molecule has 4 aromatic carbocycles. The smallest absolute Gasteiger partial charge is 0.272 e. The van der Waals surface area contributed by atoms with E-state index in [9.17, 15) is 14.4 Å². The van der Waals surface area contributed by atoms with Gasteiger partial charge in [0.05, 0.1) is 5.75 Å². The summed E-state index contributed by atoms with van der Waals surface area (Å²) < 4.78 is 0. The van der Waals surface area contributed by atoms with Crippen molar-refractivity contribution >= 4 is 52.6 Å². The third kappa shape index (κ3) is 7.08. The average Bonchev–Trinajstić information content (AvgIpc) is 3.45. The minimum atomic E-state index is -0.456. The summed E-state index contributed by atoms with van der Waals surface area (Å²) in [7, 11) is 3.91. The first-order valence-corrected chi connectivity index (χ1v) is 14.6. The van der Waals surface area contributed by atoms with E-state index in [-0.39, 0.29) is 23.3 Å².